The molecule has 0 aromatic heterocycles. The highest BCUT2D eigenvalue weighted by Gasteiger charge is 2.14. The van der Waals surface area contributed by atoms with Crippen molar-refractivity contribution in [3.8, 4) is 5.75 Å². The van der Waals surface area contributed by atoms with E-state index >= 15 is 0 Å². The largest absolute Gasteiger partial charge is 0.496 e. The third kappa shape index (κ3) is 4.31. The van der Waals surface area contributed by atoms with E-state index in [0.29, 0.717) is 6.61 Å². The standard InChI is InChI=1S/C13H18BrNO3/c1-4-18-8-13(16)15-9(2)11-6-5-10(14)7-12(11)17-3/h5-7,9H,4,8H2,1-3H3,(H,15,16)/t9-/m0/s1. The molecule has 0 saturated heterocycles. The van der Waals surface area contributed by atoms with Gasteiger partial charge in [-0.15, -0.1) is 0 Å². The first-order chi connectivity index (χ1) is 8.58. The van der Waals surface area contributed by atoms with Crippen molar-refractivity contribution in [3.63, 3.8) is 0 Å². The highest BCUT2D eigenvalue weighted by atomic mass is 79.9. The maximum absolute atomic E-state index is 11.6. The summed E-state index contributed by atoms with van der Waals surface area (Å²) in [7, 11) is 1.61. The summed E-state index contributed by atoms with van der Waals surface area (Å²) < 4.78 is 11.3. The fraction of sp³-hybridized carbons (Fsp3) is 0.462. The normalized spacial score (nSPS) is 12.0. The molecule has 0 saturated carbocycles. The quantitative estimate of drug-likeness (QED) is 0.878. The first-order valence-corrected chi connectivity index (χ1v) is 6.58. The van der Waals surface area contributed by atoms with E-state index < -0.39 is 0 Å². The number of benzene rings is 1. The summed E-state index contributed by atoms with van der Waals surface area (Å²) in [6.07, 6.45) is 0. The summed E-state index contributed by atoms with van der Waals surface area (Å²) in [6.45, 7) is 4.38. The molecule has 0 aliphatic rings. The number of carbonyl (C=O) groups is 1. The Hall–Kier alpha value is -1.07. The molecule has 1 N–H and O–H groups in total. The average Bonchev–Trinajstić information content (AvgIpc) is 2.35. The van der Waals surface area contributed by atoms with Gasteiger partial charge in [-0.2, -0.15) is 0 Å². The molecule has 4 nitrogen and oxygen atoms in total. The summed E-state index contributed by atoms with van der Waals surface area (Å²) in [6, 6.07) is 5.60. The summed E-state index contributed by atoms with van der Waals surface area (Å²) in [4.78, 5) is 11.6. The highest BCUT2D eigenvalue weighted by molar-refractivity contribution is 9.10. The van der Waals surface area contributed by atoms with E-state index in [4.69, 9.17) is 9.47 Å². The smallest absolute Gasteiger partial charge is 0.246 e. The van der Waals surface area contributed by atoms with Gasteiger partial charge in [0.2, 0.25) is 5.91 Å². The molecule has 0 aliphatic heterocycles. The van der Waals surface area contributed by atoms with Gasteiger partial charge < -0.3 is 14.8 Å². The topological polar surface area (TPSA) is 47.6 Å². The Morgan fingerprint density at radius 3 is 2.83 bits per heavy atom. The van der Waals surface area contributed by atoms with Crippen LogP contribution in [0.2, 0.25) is 0 Å². The number of hydrogen-bond acceptors (Lipinski definition) is 3. The van der Waals surface area contributed by atoms with Gasteiger partial charge in [-0.1, -0.05) is 22.0 Å². The van der Waals surface area contributed by atoms with E-state index in [2.05, 4.69) is 21.2 Å². The SMILES string of the molecule is CCOCC(=O)N[C@@H](C)c1ccc(Br)cc1OC. The van der Waals surface area contributed by atoms with Crippen molar-refractivity contribution in [2.75, 3.05) is 20.3 Å². The number of carbonyl (C=O) groups excluding carboxylic acids is 1. The van der Waals surface area contributed by atoms with Crippen LogP contribution in [0, 0.1) is 0 Å². The Kier molecular flexibility index (Phi) is 6.15. The lowest BCUT2D eigenvalue weighted by Crippen LogP contribution is -2.30. The van der Waals surface area contributed by atoms with Crippen molar-refractivity contribution in [1.82, 2.24) is 5.32 Å². The number of ether oxygens (including phenoxy) is 2. The molecule has 100 valence electrons. The van der Waals surface area contributed by atoms with Crippen LogP contribution >= 0.6 is 15.9 Å². The van der Waals surface area contributed by atoms with Crippen LogP contribution in [0.15, 0.2) is 22.7 Å². The van der Waals surface area contributed by atoms with Gasteiger partial charge in [0.1, 0.15) is 12.4 Å². The summed E-state index contributed by atoms with van der Waals surface area (Å²) in [5.41, 5.74) is 0.936. The monoisotopic (exact) mass is 315 g/mol. The highest BCUT2D eigenvalue weighted by Crippen LogP contribution is 2.28. The summed E-state index contributed by atoms with van der Waals surface area (Å²) in [5, 5.41) is 2.87. The molecule has 1 aromatic rings. The number of nitrogens with one attached hydrogen (secondary N) is 1. The first kappa shape index (κ1) is 15.0. The van der Waals surface area contributed by atoms with Crippen LogP contribution in [-0.4, -0.2) is 26.2 Å². The summed E-state index contributed by atoms with van der Waals surface area (Å²) >= 11 is 3.38. The van der Waals surface area contributed by atoms with Gasteiger partial charge in [0.25, 0.3) is 0 Å². The number of hydrogen-bond donors (Lipinski definition) is 1. The average molecular weight is 316 g/mol. The van der Waals surface area contributed by atoms with E-state index in [1.54, 1.807) is 7.11 Å². The molecular weight excluding hydrogens is 298 g/mol. The van der Waals surface area contributed by atoms with Gasteiger partial charge >= 0.3 is 0 Å². The van der Waals surface area contributed by atoms with Crippen LogP contribution in [0.5, 0.6) is 5.75 Å². The Bertz CT molecular complexity index is 409. The van der Waals surface area contributed by atoms with Crippen LogP contribution in [-0.2, 0) is 9.53 Å². The minimum Gasteiger partial charge on any atom is -0.496 e. The Morgan fingerprint density at radius 2 is 2.22 bits per heavy atom. The minimum atomic E-state index is -0.130. The molecular formula is C13H18BrNO3. The van der Waals surface area contributed by atoms with Crippen molar-refractivity contribution in [2.45, 2.75) is 19.9 Å². The zero-order chi connectivity index (χ0) is 13.5. The van der Waals surface area contributed by atoms with E-state index in [1.165, 1.54) is 0 Å². The van der Waals surface area contributed by atoms with E-state index in [0.717, 1.165) is 15.8 Å². The second-order valence-electron chi connectivity index (χ2n) is 3.81. The number of rotatable bonds is 6. The lowest BCUT2D eigenvalue weighted by molar-refractivity contribution is -0.126. The van der Waals surface area contributed by atoms with Gasteiger partial charge in [0, 0.05) is 16.6 Å². The fourth-order valence-corrected chi connectivity index (χ4v) is 1.94. The van der Waals surface area contributed by atoms with Crippen molar-refractivity contribution in [2.24, 2.45) is 0 Å². The molecule has 0 fully saturated rings. The molecule has 0 bridgehead atoms. The Balaban J connectivity index is 2.71. The van der Waals surface area contributed by atoms with Crippen LogP contribution in [0.1, 0.15) is 25.5 Å². The lowest BCUT2D eigenvalue weighted by Gasteiger charge is -2.17. The predicted octanol–water partition coefficient (Wildman–Crippen LogP) is 2.67. The number of halogens is 1. The fourth-order valence-electron chi connectivity index (χ4n) is 1.60. The third-order valence-electron chi connectivity index (χ3n) is 2.48. The maximum Gasteiger partial charge on any atom is 0.246 e. The van der Waals surface area contributed by atoms with Gasteiger partial charge in [-0.25, -0.2) is 0 Å². The lowest BCUT2D eigenvalue weighted by atomic mass is 10.1. The zero-order valence-electron chi connectivity index (χ0n) is 10.8. The maximum atomic E-state index is 11.6. The van der Waals surface area contributed by atoms with Crippen molar-refractivity contribution >= 4 is 21.8 Å². The molecule has 1 atom stereocenters. The second kappa shape index (κ2) is 7.38. The van der Waals surface area contributed by atoms with Crippen molar-refractivity contribution in [3.05, 3.63) is 28.2 Å². The van der Waals surface area contributed by atoms with E-state index in [1.807, 2.05) is 32.0 Å². The minimum absolute atomic E-state index is 0.0830. The number of methoxy groups -OCH3 is 1. The van der Waals surface area contributed by atoms with Crippen LogP contribution in [0.3, 0.4) is 0 Å². The van der Waals surface area contributed by atoms with E-state index in [9.17, 15) is 4.79 Å². The van der Waals surface area contributed by atoms with Gasteiger partial charge in [-0.05, 0) is 26.0 Å². The molecule has 0 spiro atoms. The van der Waals surface area contributed by atoms with Crippen LogP contribution < -0.4 is 10.1 Å². The Morgan fingerprint density at radius 1 is 1.50 bits per heavy atom. The number of amides is 1. The zero-order valence-corrected chi connectivity index (χ0v) is 12.4. The Labute approximate surface area is 116 Å². The van der Waals surface area contributed by atoms with Crippen LogP contribution in [0.4, 0.5) is 0 Å². The summed E-state index contributed by atoms with van der Waals surface area (Å²) in [5.74, 6) is 0.614. The molecule has 1 rings (SSSR count). The van der Waals surface area contributed by atoms with Crippen molar-refractivity contribution < 1.29 is 14.3 Å². The predicted molar refractivity (Wildman–Crippen MR) is 73.7 cm³/mol. The molecule has 5 heteroatoms. The molecule has 1 amide bonds. The molecule has 0 heterocycles. The van der Waals surface area contributed by atoms with E-state index in [-0.39, 0.29) is 18.6 Å². The van der Waals surface area contributed by atoms with Gasteiger partial charge in [0.15, 0.2) is 0 Å². The second-order valence-corrected chi connectivity index (χ2v) is 4.73. The molecule has 0 radical (unpaired) electrons. The molecule has 0 unspecified atom stereocenters. The van der Waals surface area contributed by atoms with Crippen molar-refractivity contribution in [1.29, 1.82) is 0 Å². The third-order valence-corrected chi connectivity index (χ3v) is 2.97. The molecule has 0 aliphatic carbocycles. The molecule has 18 heavy (non-hydrogen) atoms. The van der Waals surface area contributed by atoms with Crippen LogP contribution in [0.25, 0.3) is 0 Å². The van der Waals surface area contributed by atoms with Gasteiger partial charge in [-0.3, -0.25) is 4.79 Å². The first-order valence-electron chi connectivity index (χ1n) is 5.79. The van der Waals surface area contributed by atoms with Gasteiger partial charge in [0.05, 0.1) is 13.2 Å². The molecule has 1 aromatic carbocycles.